The average Bonchev–Trinajstić information content (AvgIpc) is 3.54. The largest absolute Gasteiger partial charge is 0.346 e. The number of nitrogens with one attached hydrogen (secondary N) is 2. The van der Waals surface area contributed by atoms with Crippen molar-refractivity contribution in [3.8, 4) is 0 Å². The first kappa shape index (κ1) is 21.2. The lowest BCUT2D eigenvalue weighted by molar-refractivity contribution is 0.0940. The predicted molar refractivity (Wildman–Crippen MR) is 114 cm³/mol. The molecule has 9 heteroatoms. The summed E-state index contributed by atoms with van der Waals surface area (Å²) in [5.41, 5.74) is 1.69. The second-order valence-corrected chi connectivity index (χ2v) is 9.60. The summed E-state index contributed by atoms with van der Waals surface area (Å²) in [6, 6.07) is 10.4. The van der Waals surface area contributed by atoms with Crippen LogP contribution in [0.2, 0.25) is 0 Å². The minimum atomic E-state index is -3.84. The van der Waals surface area contributed by atoms with Gasteiger partial charge in [-0.2, -0.15) is 0 Å². The van der Waals surface area contributed by atoms with Crippen LogP contribution in [0.3, 0.4) is 0 Å². The standard InChI is InChI=1S/C22H21F2N3O3S/c1-12(16-10-17(23)21(18(24)11-16)27-31(2,29)30)25-22(28)15-6-8-20-14(9-15)5-7-19(26-20)13-3-4-13/h5-13,27H,3-4H2,1-2H3,(H,25,28)/t12-/m1/s1. The molecule has 2 N–H and O–H groups in total. The molecule has 0 unspecified atom stereocenters. The molecule has 162 valence electrons. The Bertz CT molecular complexity index is 1270. The van der Waals surface area contributed by atoms with Gasteiger partial charge >= 0.3 is 0 Å². The molecule has 2 aromatic carbocycles. The third-order valence-electron chi connectivity index (χ3n) is 5.17. The second kappa shape index (κ2) is 7.88. The summed E-state index contributed by atoms with van der Waals surface area (Å²) < 4.78 is 52.8. The normalized spacial score (nSPS) is 15.0. The number of aromatic nitrogens is 1. The monoisotopic (exact) mass is 445 g/mol. The number of nitrogens with zero attached hydrogens (tertiary/aromatic N) is 1. The molecule has 1 aliphatic carbocycles. The van der Waals surface area contributed by atoms with E-state index in [4.69, 9.17) is 0 Å². The Morgan fingerprint density at radius 2 is 1.77 bits per heavy atom. The number of amides is 1. The van der Waals surface area contributed by atoms with Crippen LogP contribution in [0, 0.1) is 11.6 Å². The molecular formula is C22H21F2N3O3S. The molecule has 4 rings (SSSR count). The topological polar surface area (TPSA) is 88.2 Å². The van der Waals surface area contributed by atoms with E-state index in [0.29, 0.717) is 11.5 Å². The number of hydrogen-bond donors (Lipinski definition) is 2. The Labute approximate surface area is 178 Å². The van der Waals surface area contributed by atoms with E-state index in [2.05, 4.69) is 10.3 Å². The molecule has 1 saturated carbocycles. The number of rotatable bonds is 6. The zero-order chi connectivity index (χ0) is 22.3. The lowest BCUT2D eigenvalue weighted by Gasteiger charge is -2.16. The number of halogens is 2. The van der Waals surface area contributed by atoms with Crippen LogP contribution in [0.4, 0.5) is 14.5 Å². The summed E-state index contributed by atoms with van der Waals surface area (Å²) >= 11 is 0. The fourth-order valence-corrected chi connectivity index (χ4v) is 3.94. The maximum Gasteiger partial charge on any atom is 0.251 e. The van der Waals surface area contributed by atoms with Crippen LogP contribution < -0.4 is 10.0 Å². The average molecular weight is 445 g/mol. The van der Waals surface area contributed by atoms with Crippen molar-refractivity contribution < 1.29 is 22.0 Å². The Hall–Kier alpha value is -3.07. The minimum absolute atomic E-state index is 0.166. The van der Waals surface area contributed by atoms with Gasteiger partial charge in [0.05, 0.1) is 17.8 Å². The van der Waals surface area contributed by atoms with Crippen LogP contribution in [-0.4, -0.2) is 25.6 Å². The molecule has 3 aromatic rings. The molecule has 1 heterocycles. The zero-order valence-electron chi connectivity index (χ0n) is 16.9. The van der Waals surface area contributed by atoms with Crippen LogP contribution in [0.15, 0.2) is 42.5 Å². The molecular weight excluding hydrogens is 424 g/mol. The summed E-state index contributed by atoms with van der Waals surface area (Å²) in [5, 5.41) is 3.54. The van der Waals surface area contributed by atoms with Crippen LogP contribution >= 0.6 is 0 Å². The quantitative estimate of drug-likeness (QED) is 0.594. The van der Waals surface area contributed by atoms with Crippen LogP contribution in [0.1, 0.15) is 53.3 Å². The van der Waals surface area contributed by atoms with E-state index < -0.39 is 39.3 Å². The molecule has 6 nitrogen and oxygen atoms in total. The van der Waals surface area contributed by atoms with Gasteiger partial charge in [-0.1, -0.05) is 6.07 Å². The highest BCUT2D eigenvalue weighted by Gasteiger charge is 2.25. The maximum absolute atomic E-state index is 14.2. The van der Waals surface area contributed by atoms with E-state index in [1.807, 2.05) is 16.9 Å². The molecule has 1 aromatic heterocycles. The van der Waals surface area contributed by atoms with Gasteiger partial charge in [0.1, 0.15) is 5.69 Å². The SMILES string of the molecule is C[C@@H](NC(=O)c1ccc2nc(C3CC3)ccc2c1)c1cc(F)c(NS(C)(=O)=O)c(F)c1. The second-order valence-electron chi connectivity index (χ2n) is 7.85. The highest BCUT2D eigenvalue weighted by Crippen LogP contribution is 2.39. The van der Waals surface area contributed by atoms with Crippen LogP contribution in [-0.2, 0) is 10.0 Å². The van der Waals surface area contributed by atoms with Gasteiger partial charge in [-0.3, -0.25) is 14.5 Å². The van der Waals surface area contributed by atoms with Crippen molar-refractivity contribution in [2.24, 2.45) is 0 Å². The molecule has 31 heavy (non-hydrogen) atoms. The molecule has 0 radical (unpaired) electrons. The first-order chi connectivity index (χ1) is 14.6. The zero-order valence-corrected chi connectivity index (χ0v) is 17.8. The van der Waals surface area contributed by atoms with Gasteiger partial charge in [0, 0.05) is 22.6 Å². The van der Waals surface area contributed by atoms with Gasteiger partial charge in [0.15, 0.2) is 11.6 Å². The fourth-order valence-electron chi connectivity index (χ4n) is 3.38. The number of anilines is 1. The van der Waals surface area contributed by atoms with Gasteiger partial charge < -0.3 is 5.32 Å². The van der Waals surface area contributed by atoms with Crippen molar-refractivity contribution in [3.05, 3.63) is 70.9 Å². The highest BCUT2D eigenvalue weighted by atomic mass is 32.2. The van der Waals surface area contributed by atoms with E-state index in [1.165, 1.54) is 0 Å². The van der Waals surface area contributed by atoms with Crippen molar-refractivity contribution >= 4 is 32.5 Å². The van der Waals surface area contributed by atoms with E-state index in [1.54, 1.807) is 25.1 Å². The van der Waals surface area contributed by atoms with Gasteiger partial charge in [-0.25, -0.2) is 17.2 Å². The summed E-state index contributed by atoms with van der Waals surface area (Å²) in [4.78, 5) is 17.3. The lowest BCUT2D eigenvalue weighted by Crippen LogP contribution is -2.27. The van der Waals surface area contributed by atoms with Crippen molar-refractivity contribution in [1.82, 2.24) is 10.3 Å². The third kappa shape index (κ3) is 4.82. The van der Waals surface area contributed by atoms with Crippen LogP contribution in [0.25, 0.3) is 10.9 Å². The van der Waals surface area contributed by atoms with Crippen molar-refractivity contribution in [3.63, 3.8) is 0 Å². The maximum atomic E-state index is 14.2. The molecule has 0 saturated heterocycles. The number of carbonyl (C=O) groups excluding carboxylic acids is 1. The Kier molecular flexibility index (Phi) is 5.38. The van der Waals surface area contributed by atoms with E-state index in [-0.39, 0.29) is 5.56 Å². The minimum Gasteiger partial charge on any atom is -0.346 e. The fraction of sp³-hybridized carbons (Fsp3) is 0.273. The Balaban J connectivity index is 1.52. The Morgan fingerprint density at radius 1 is 1.10 bits per heavy atom. The number of fused-ring (bicyclic) bond motifs is 1. The predicted octanol–water partition coefficient (Wildman–Crippen LogP) is 4.25. The summed E-state index contributed by atoms with van der Waals surface area (Å²) in [6.45, 7) is 1.58. The van der Waals surface area contributed by atoms with Gasteiger partial charge in [0.25, 0.3) is 5.91 Å². The molecule has 0 aliphatic heterocycles. The Morgan fingerprint density at radius 3 is 2.39 bits per heavy atom. The highest BCUT2D eigenvalue weighted by molar-refractivity contribution is 7.92. The molecule has 1 aliphatic rings. The lowest BCUT2D eigenvalue weighted by atomic mass is 10.1. The van der Waals surface area contributed by atoms with Gasteiger partial charge in [0.2, 0.25) is 10.0 Å². The summed E-state index contributed by atoms with van der Waals surface area (Å²) in [6.07, 6.45) is 3.11. The smallest absolute Gasteiger partial charge is 0.251 e. The van der Waals surface area contributed by atoms with Gasteiger partial charge in [-0.15, -0.1) is 0 Å². The first-order valence-electron chi connectivity index (χ1n) is 9.79. The summed E-state index contributed by atoms with van der Waals surface area (Å²) in [7, 11) is -3.84. The number of hydrogen-bond acceptors (Lipinski definition) is 4. The molecule has 1 fully saturated rings. The van der Waals surface area contributed by atoms with E-state index in [9.17, 15) is 22.0 Å². The third-order valence-corrected chi connectivity index (χ3v) is 5.74. The summed E-state index contributed by atoms with van der Waals surface area (Å²) in [5.74, 6) is -2.00. The number of benzene rings is 2. The van der Waals surface area contributed by atoms with Crippen molar-refractivity contribution in [2.75, 3.05) is 11.0 Å². The molecule has 0 spiro atoms. The van der Waals surface area contributed by atoms with Crippen molar-refractivity contribution in [2.45, 2.75) is 31.7 Å². The van der Waals surface area contributed by atoms with Gasteiger partial charge in [-0.05, 0) is 61.7 Å². The van der Waals surface area contributed by atoms with Crippen molar-refractivity contribution in [1.29, 1.82) is 0 Å². The molecule has 1 amide bonds. The first-order valence-corrected chi connectivity index (χ1v) is 11.7. The number of pyridine rings is 1. The number of sulfonamides is 1. The van der Waals surface area contributed by atoms with E-state index >= 15 is 0 Å². The molecule has 1 atom stereocenters. The van der Waals surface area contributed by atoms with Crippen LogP contribution in [0.5, 0.6) is 0 Å². The number of carbonyl (C=O) groups is 1. The molecule has 0 bridgehead atoms. The van der Waals surface area contributed by atoms with E-state index in [0.717, 1.165) is 47.8 Å².